The fourth-order valence-electron chi connectivity index (χ4n) is 2.66. The molecule has 0 amide bonds. The molecule has 0 atom stereocenters. The van der Waals surface area contributed by atoms with E-state index >= 15 is 0 Å². The highest BCUT2D eigenvalue weighted by Gasteiger charge is 2.14. The molecule has 0 spiro atoms. The summed E-state index contributed by atoms with van der Waals surface area (Å²) in [7, 11) is 1.62. The Morgan fingerprint density at radius 1 is 1.21 bits per heavy atom. The monoisotopic (exact) mass is 342 g/mol. The van der Waals surface area contributed by atoms with Crippen molar-refractivity contribution in [1.29, 1.82) is 0 Å². The highest BCUT2D eigenvalue weighted by atomic mass is 32.1. The van der Waals surface area contributed by atoms with Gasteiger partial charge in [0, 0.05) is 16.5 Å². The van der Waals surface area contributed by atoms with Crippen molar-refractivity contribution in [2.45, 2.75) is 33.7 Å². The van der Waals surface area contributed by atoms with E-state index in [0.717, 1.165) is 27.0 Å². The topological polar surface area (TPSA) is 70.1 Å². The number of aromatic nitrogens is 2. The van der Waals surface area contributed by atoms with E-state index in [2.05, 4.69) is 24.1 Å². The van der Waals surface area contributed by atoms with Crippen LogP contribution in [0.15, 0.2) is 18.2 Å². The van der Waals surface area contributed by atoms with Gasteiger partial charge in [-0.2, -0.15) is 0 Å². The minimum absolute atomic E-state index is 0.0495. The second kappa shape index (κ2) is 6.28. The van der Waals surface area contributed by atoms with Crippen molar-refractivity contribution in [2.24, 2.45) is 0 Å². The van der Waals surface area contributed by atoms with Crippen LogP contribution in [0.4, 0.5) is 5.13 Å². The van der Waals surface area contributed by atoms with Crippen molar-refractivity contribution in [1.82, 2.24) is 9.97 Å². The number of aryl methyl sites for hydroxylation is 2. The molecule has 0 radical (unpaired) electrons. The highest BCUT2D eigenvalue weighted by Crippen LogP contribution is 2.35. The Balaban J connectivity index is 2.17. The van der Waals surface area contributed by atoms with Crippen LogP contribution < -0.4 is 15.2 Å². The van der Waals surface area contributed by atoms with Gasteiger partial charge in [0.25, 0.3) is 0 Å². The second-order valence-electron chi connectivity index (χ2n) is 6.02. The van der Waals surface area contributed by atoms with Gasteiger partial charge in [0.05, 0.1) is 18.3 Å². The van der Waals surface area contributed by atoms with Gasteiger partial charge >= 0.3 is 0 Å². The Morgan fingerprint density at radius 3 is 2.62 bits per heavy atom. The third kappa shape index (κ3) is 2.89. The summed E-state index contributed by atoms with van der Waals surface area (Å²) in [6.45, 7) is 8.04. The largest absolute Gasteiger partial charge is 0.872 e. The van der Waals surface area contributed by atoms with Gasteiger partial charge in [0.1, 0.15) is 11.4 Å². The third-order valence-corrected chi connectivity index (χ3v) is 4.72. The number of nitrogens with zero attached hydrogens (tertiary/aromatic N) is 2. The number of thiazole rings is 1. The molecule has 0 bridgehead atoms. The number of hydrogen-bond donors (Lipinski definition) is 1. The van der Waals surface area contributed by atoms with Gasteiger partial charge < -0.3 is 15.2 Å². The van der Waals surface area contributed by atoms with Crippen LogP contribution in [0.3, 0.4) is 0 Å². The van der Waals surface area contributed by atoms with Crippen LogP contribution in [-0.2, 0) is 0 Å². The quantitative estimate of drug-likeness (QED) is 0.779. The molecule has 0 aliphatic heterocycles. The number of pyridine rings is 1. The summed E-state index contributed by atoms with van der Waals surface area (Å²) in [6.07, 6.45) is 0. The summed E-state index contributed by atoms with van der Waals surface area (Å²) in [5.74, 6) is 0.676. The molecule has 3 aromatic rings. The van der Waals surface area contributed by atoms with E-state index in [0.29, 0.717) is 22.6 Å². The highest BCUT2D eigenvalue weighted by molar-refractivity contribution is 7.16. The number of ether oxygens (including phenoxy) is 1. The smallest absolute Gasteiger partial charge is 0.183 e. The number of rotatable bonds is 4. The average molecular weight is 342 g/mol. The normalized spacial score (nSPS) is 11.2. The molecule has 3 rings (SSSR count). The first kappa shape index (κ1) is 16.5. The van der Waals surface area contributed by atoms with Gasteiger partial charge in [-0.15, -0.1) is 11.3 Å². The zero-order valence-corrected chi connectivity index (χ0v) is 15.2. The predicted molar refractivity (Wildman–Crippen MR) is 97.1 cm³/mol. The molecule has 1 N–H and O–H groups in total. The maximum Gasteiger partial charge on any atom is 0.183 e. The first-order valence-electron chi connectivity index (χ1n) is 7.80. The fourth-order valence-corrected chi connectivity index (χ4v) is 3.63. The van der Waals surface area contributed by atoms with Gasteiger partial charge in [0.15, 0.2) is 5.13 Å². The standard InChI is InChI=1S/C18H21N3O2S/c1-9(2)19-18-21-17(11(4)24-18)13-8-14(22)12-6-7-15(23-5)10(3)16(12)20-13/h6-9H,1-5H3,(H,19,21)(H,20,22)/p-1. The number of hydrogen-bond acceptors (Lipinski definition) is 6. The fraction of sp³-hybridized carbons (Fsp3) is 0.333. The summed E-state index contributed by atoms with van der Waals surface area (Å²) in [6, 6.07) is 5.43. The maximum absolute atomic E-state index is 12.5. The summed E-state index contributed by atoms with van der Waals surface area (Å²) in [4.78, 5) is 10.4. The zero-order chi connectivity index (χ0) is 17.4. The van der Waals surface area contributed by atoms with Crippen molar-refractivity contribution in [2.75, 3.05) is 12.4 Å². The van der Waals surface area contributed by atoms with Crippen molar-refractivity contribution in [3.63, 3.8) is 0 Å². The van der Waals surface area contributed by atoms with Crippen LogP contribution in [0.25, 0.3) is 22.3 Å². The van der Waals surface area contributed by atoms with Crippen molar-refractivity contribution >= 4 is 27.4 Å². The molecule has 0 unspecified atom stereocenters. The predicted octanol–water partition coefficient (Wildman–Crippen LogP) is 3.88. The van der Waals surface area contributed by atoms with E-state index in [-0.39, 0.29) is 5.75 Å². The van der Waals surface area contributed by atoms with Gasteiger partial charge in [-0.1, -0.05) is 5.75 Å². The van der Waals surface area contributed by atoms with Gasteiger partial charge in [-0.3, -0.25) is 0 Å². The summed E-state index contributed by atoms with van der Waals surface area (Å²) in [5.41, 5.74) is 2.89. The van der Waals surface area contributed by atoms with Crippen molar-refractivity contribution in [3.05, 3.63) is 28.6 Å². The van der Waals surface area contributed by atoms with E-state index in [9.17, 15) is 5.11 Å². The molecule has 0 saturated heterocycles. The average Bonchev–Trinajstić information content (AvgIpc) is 2.88. The Morgan fingerprint density at radius 2 is 1.96 bits per heavy atom. The van der Waals surface area contributed by atoms with E-state index in [1.807, 2.05) is 13.8 Å². The summed E-state index contributed by atoms with van der Waals surface area (Å²) < 4.78 is 5.34. The molecule has 0 aliphatic rings. The van der Waals surface area contributed by atoms with Crippen LogP contribution >= 0.6 is 11.3 Å². The molecule has 24 heavy (non-hydrogen) atoms. The Labute approximate surface area is 145 Å². The number of nitrogens with one attached hydrogen (secondary N) is 1. The van der Waals surface area contributed by atoms with E-state index in [1.165, 1.54) is 0 Å². The van der Waals surface area contributed by atoms with Gasteiger partial charge in [-0.25, -0.2) is 9.97 Å². The van der Waals surface area contributed by atoms with Crippen LogP contribution in [0.5, 0.6) is 11.5 Å². The summed E-state index contributed by atoms with van der Waals surface area (Å²) >= 11 is 1.57. The molecule has 0 saturated carbocycles. The molecule has 5 nitrogen and oxygen atoms in total. The van der Waals surface area contributed by atoms with Crippen LogP contribution in [0.1, 0.15) is 24.3 Å². The van der Waals surface area contributed by atoms with Gasteiger partial charge in [-0.05, 0) is 51.3 Å². The zero-order valence-electron chi connectivity index (χ0n) is 14.4. The molecule has 0 aliphatic carbocycles. The lowest BCUT2D eigenvalue weighted by Gasteiger charge is -2.15. The minimum atomic E-state index is -0.0495. The molecule has 6 heteroatoms. The number of benzene rings is 1. The number of anilines is 1. The first-order chi connectivity index (χ1) is 11.4. The minimum Gasteiger partial charge on any atom is -0.872 e. The number of fused-ring (bicyclic) bond motifs is 1. The lowest BCUT2D eigenvalue weighted by Crippen LogP contribution is -2.09. The molecule has 1 aromatic carbocycles. The van der Waals surface area contributed by atoms with Crippen LogP contribution in [0.2, 0.25) is 0 Å². The SMILES string of the molecule is COc1ccc2c([O-])cc(-c3nc(NC(C)C)sc3C)nc2c1C. The van der Waals surface area contributed by atoms with Crippen molar-refractivity contribution < 1.29 is 9.84 Å². The van der Waals surface area contributed by atoms with Crippen molar-refractivity contribution in [3.8, 4) is 22.9 Å². The van der Waals surface area contributed by atoms with E-state index in [1.54, 1.807) is 36.6 Å². The molecule has 126 valence electrons. The van der Waals surface area contributed by atoms with Crippen LogP contribution in [0, 0.1) is 13.8 Å². The molecular weight excluding hydrogens is 322 g/mol. The first-order valence-corrected chi connectivity index (χ1v) is 8.62. The molecule has 2 aromatic heterocycles. The Bertz CT molecular complexity index is 903. The Kier molecular flexibility index (Phi) is 4.32. The molecular formula is C18H20N3O2S-. The Hall–Kier alpha value is -2.34. The second-order valence-corrected chi connectivity index (χ2v) is 7.22. The lowest BCUT2D eigenvalue weighted by molar-refractivity contribution is -0.265. The molecule has 2 heterocycles. The summed E-state index contributed by atoms with van der Waals surface area (Å²) in [5, 5.41) is 17.2. The maximum atomic E-state index is 12.5. The third-order valence-electron chi connectivity index (χ3n) is 3.82. The lowest BCUT2D eigenvalue weighted by atomic mass is 10.1. The van der Waals surface area contributed by atoms with E-state index in [4.69, 9.17) is 9.72 Å². The van der Waals surface area contributed by atoms with E-state index < -0.39 is 0 Å². The number of methoxy groups -OCH3 is 1. The molecule has 0 fully saturated rings. The van der Waals surface area contributed by atoms with Crippen LogP contribution in [-0.4, -0.2) is 23.1 Å². The van der Waals surface area contributed by atoms with Gasteiger partial charge in [0.2, 0.25) is 0 Å².